The highest BCUT2D eigenvalue weighted by molar-refractivity contribution is 7.09. The zero-order valence-electron chi connectivity index (χ0n) is 14.7. The Kier molecular flexibility index (Phi) is 6.39. The van der Waals surface area contributed by atoms with E-state index in [1.807, 2.05) is 16.3 Å². The number of thiophene rings is 1. The van der Waals surface area contributed by atoms with E-state index < -0.39 is 5.82 Å². The number of nitrogens with zero attached hydrogens (tertiary/aromatic N) is 2. The lowest BCUT2D eigenvalue weighted by Gasteiger charge is -2.22. The summed E-state index contributed by atoms with van der Waals surface area (Å²) in [6.07, 6.45) is 3.01. The van der Waals surface area contributed by atoms with E-state index in [4.69, 9.17) is 0 Å². The first-order valence-electron chi connectivity index (χ1n) is 8.99. The maximum atomic E-state index is 13.8. The first-order chi connectivity index (χ1) is 12.6. The minimum absolute atomic E-state index is 0.100. The average molecular weight is 374 g/mol. The summed E-state index contributed by atoms with van der Waals surface area (Å²) in [5.74, 6) is -0.653. The van der Waals surface area contributed by atoms with E-state index in [9.17, 15) is 14.0 Å². The molecule has 4 nitrogen and oxygen atoms in total. The minimum atomic E-state index is -0.497. The summed E-state index contributed by atoms with van der Waals surface area (Å²) in [7, 11) is 0. The van der Waals surface area contributed by atoms with Crippen LogP contribution < -0.4 is 0 Å². The molecule has 0 saturated carbocycles. The zero-order chi connectivity index (χ0) is 18.4. The van der Waals surface area contributed by atoms with Crippen LogP contribution in [0.5, 0.6) is 0 Å². The molecule has 6 heteroatoms. The number of halogens is 1. The van der Waals surface area contributed by atoms with Crippen molar-refractivity contribution < 1.29 is 14.0 Å². The van der Waals surface area contributed by atoms with Crippen molar-refractivity contribution in [2.45, 2.75) is 25.7 Å². The van der Waals surface area contributed by atoms with Gasteiger partial charge in [-0.2, -0.15) is 0 Å². The van der Waals surface area contributed by atoms with Crippen LogP contribution in [0.15, 0.2) is 41.8 Å². The van der Waals surface area contributed by atoms with Gasteiger partial charge in [0.15, 0.2) is 0 Å². The van der Waals surface area contributed by atoms with Gasteiger partial charge in [0.2, 0.25) is 5.91 Å². The number of carbonyl (C=O) groups excluding carboxylic acids is 2. The fraction of sp³-hybridized carbons (Fsp3) is 0.400. The molecule has 1 aromatic heterocycles. The van der Waals surface area contributed by atoms with Gasteiger partial charge in [-0.25, -0.2) is 4.39 Å². The van der Waals surface area contributed by atoms with Crippen molar-refractivity contribution in [1.82, 2.24) is 9.80 Å². The van der Waals surface area contributed by atoms with Crippen molar-refractivity contribution in [3.8, 4) is 0 Å². The zero-order valence-corrected chi connectivity index (χ0v) is 15.5. The van der Waals surface area contributed by atoms with E-state index in [-0.39, 0.29) is 17.4 Å². The number of benzene rings is 1. The van der Waals surface area contributed by atoms with Crippen molar-refractivity contribution in [3.05, 3.63) is 58.0 Å². The van der Waals surface area contributed by atoms with Crippen LogP contribution in [0.2, 0.25) is 0 Å². The van der Waals surface area contributed by atoms with Gasteiger partial charge in [0, 0.05) is 37.5 Å². The van der Waals surface area contributed by atoms with Crippen molar-refractivity contribution in [2.24, 2.45) is 0 Å². The molecule has 0 aliphatic carbocycles. The van der Waals surface area contributed by atoms with Gasteiger partial charge in [-0.1, -0.05) is 18.2 Å². The lowest BCUT2D eigenvalue weighted by molar-refractivity contribution is -0.131. The fourth-order valence-electron chi connectivity index (χ4n) is 3.20. The Morgan fingerprint density at radius 2 is 1.77 bits per heavy atom. The van der Waals surface area contributed by atoms with Crippen LogP contribution in [-0.2, 0) is 11.2 Å². The molecule has 2 amide bonds. The number of hydrogen-bond acceptors (Lipinski definition) is 3. The molecular formula is C20H23FN2O2S. The summed E-state index contributed by atoms with van der Waals surface area (Å²) < 4.78 is 13.8. The topological polar surface area (TPSA) is 40.6 Å². The maximum Gasteiger partial charge on any atom is 0.256 e. The predicted octanol–water partition coefficient (Wildman–Crippen LogP) is 3.58. The van der Waals surface area contributed by atoms with E-state index in [0.717, 1.165) is 19.3 Å². The average Bonchev–Trinajstić information content (AvgIpc) is 3.03. The number of hydrogen-bond donors (Lipinski definition) is 0. The minimum Gasteiger partial charge on any atom is -0.341 e. The van der Waals surface area contributed by atoms with Crippen molar-refractivity contribution in [1.29, 1.82) is 0 Å². The molecule has 0 spiro atoms. The smallest absolute Gasteiger partial charge is 0.256 e. The number of aryl methyl sites for hydroxylation is 1. The van der Waals surface area contributed by atoms with E-state index in [1.54, 1.807) is 28.4 Å². The van der Waals surface area contributed by atoms with Gasteiger partial charge in [0.25, 0.3) is 5.91 Å². The Hall–Kier alpha value is -2.21. The summed E-state index contributed by atoms with van der Waals surface area (Å²) in [6.45, 7) is 2.16. The van der Waals surface area contributed by atoms with Gasteiger partial charge in [-0.3, -0.25) is 9.59 Å². The number of amides is 2. The highest BCUT2D eigenvalue weighted by atomic mass is 32.1. The third kappa shape index (κ3) is 4.69. The van der Waals surface area contributed by atoms with Crippen LogP contribution in [0.1, 0.15) is 34.5 Å². The molecule has 138 valence electrons. The molecule has 0 N–H and O–H groups in total. The molecule has 2 heterocycles. The number of carbonyl (C=O) groups is 2. The quantitative estimate of drug-likeness (QED) is 0.803. The second-order valence-corrected chi connectivity index (χ2v) is 7.47. The Bertz CT molecular complexity index is 748. The van der Waals surface area contributed by atoms with Crippen LogP contribution in [0.4, 0.5) is 4.39 Å². The summed E-state index contributed by atoms with van der Waals surface area (Å²) in [6, 6.07) is 10.2. The first-order valence-corrected chi connectivity index (χ1v) is 9.87. The SMILES string of the molecule is O=C(CCCc1cccs1)N1CCCN(C(=O)c2ccccc2F)CC1. The second-order valence-electron chi connectivity index (χ2n) is 6.44. The summed E-state index contributed by atoms with van der Waals surface area (Å²) in [5, 5.41) is 2.05. The molecule has 1 saturated heterocycles. The predicted molar refractivity (Wildman–Crippen MR) is 101 cm³/mol. The van der Waals surface area contributed by atoms with Gasteiger partial charge in [0.1, 0.15) is 5.82 Å². The van der Waals surface area contributed by atoms with Crippen molar-refractivity contribution in [2.75, 3.05) is 26.2 Å². The monoisotopic (exact) mass is 374 g/mol. The van der Waals surface area contributed by atoms with E-state index in [2.05, 4.69) is 6.07 Å². The first kappa shape index (κ1) is 18.6. The molecule has 26 heavy (non-hydrogen) atoms. The molecule has 0 unspecified atom stereocenters. The molecule has 3 rings (SSSR count). The standard InChI is InChI=1S/C20H23FN2O2S/c21-18-9-2-1-8-17(18)20(25)23-12-5-11-22(13-14-23)19(24)10-3-6-16-7-4-15-26-16/h1-2,4,7-9,15H,3,5-6,10-14H2. The van der Waals surface area contributed by atoms with Gasteiger partial charge in [0.05, 0.1) is 5.56 Å². The fourth-order valence-corrected chi connectivity index (χ4v) is 3.95. The van der Waals surface area contributed by atoms with Crippen molar-refractivity contribution >= 4 is 23.2 Å². The lowest BCUT2D eigenvalue weighted by atomic mass is 10.2. The molecule has 0 bridgehead atoms. The van der Waals surface area contributed by atoms with E-state index in [0.29, 0.717) is 32.6 Å². The molecule has 1 aromatic carbocycles. The van der Waals surface area contributed by atoms with Crippen molar-refractivity contribution in [3.63, 3.8) is 0 Å². The van der Waals surface area contributed by atoms with Crippen LogP contribution in [-0.4, -0.2) is 47.8 Å². The van der Waals surface area contributed by atoms with Gasteiger partial charge in [-0.05, 0) is 42.8 Å². The molecular weight excluding hydrogens is 351 g/mol. The van der Waals surface area contributed by atoms with Gasteiger partial charge >= 0.3 is 0 Å². The Labute approximate surface area is 157 Å². The Balaban J connectivity index is 1.50. The molecule has 0 radical (unpaired) electrons. The Morgan fingerprint density at radius 1 is 1.00 bits per heavy atom. The van der Waals surface area contributed by atoms with E-state index >= 15 is 0 Å². The summed E-state index contributed by atoms with van der Waals surface area (Å²) in [4.78, 5) is 29.8. The number of rotatable bonds is 5. The summed E-state index contributed by atoms with van der Waals surface area (Å²) >= 11 is 1.72. The van der Waals surface area contributed by atoms with Crippen LogP contribution in [0.3, 0.4) is 0 Å². The molecule has 1 aliphatic rings. The normalized spacial score (nSPS) is 15.0. The van der Waals surface area contributed by atoms with Crippen LogP contribution in [0, 0.1) is 5.82 Å². The molecule has 2 aromatic rings. The van der Waals surface area contributed by atoms with Crippen LogP contribution in [0.25, 0.3) is 0 Å². The molecule has 1 fully saturated rings. The largest absolute Gasteiger partial charge is 0.341 e. The Morgan fingerprint density at radius 3 is 2.54 bits per heavy atom. The summed E-state index contributed by atoms with van der Waals surface area (Å²) in [5.41, 5.74) is 0.100. The second kappa shape index (κ2) is 8.94. The molecule has 1 aliphatic heterocycles. The third-order valence-corrected chi connectivity index (χ3v) is 5.57. The van der Waals surface area contributed by atoms with Gasteiger partial charge < -0.3 is 9.80 Å². The van der Waals surface area contributed by atoms with E-state index in [1.165, 1.54) is 17.0 Å². The lowest BCUT2D eigenvalue weighted by Crippen LogP contribution is -2.37. The maximum absolute atomic E-state index is 13.8. The van der Waals surface area contributed by atoms with Crippen LogP contribution >= 0.6 is 11.3 Å². The third-order valence-electron chi connectivity index (χ3n) is 4.63. The highest BCUT2D eigenvalue weighted by Gasteiger charge is 2.24. The highest BCUT2D eigenvalue weighted by Crippen LogP contribution is 2.15. The molecule has 0 atom stereocenters. The van der Waals surface area contributed by atoms with Gasteiger partial charge in [-0.15, -0.1) is 11.3 Å².